The number of hydrogen-bond acceptors (Lipinski definition) is 2. The molecule has 78 valence electrons. The summed E-state index contributed by atoms with van der Waals surface area (Å²) < 4.78 is 0.934. The van der Waals surface area contributed by atoms with Crippen LogP contribution in [0.25, 0.3) is 0 Å². The lowest BCUT2D eigenvalue weighted by Gasteiger charge is -2.22. The van der Waals surface area contributed by atoms with Crippen molar-refractivity contribution in [1.82, 2.24) is 4.98 Å². The first-order valence-corrected chi connectivity index (χ1v) is 5.52. The van der Waals surface area contributed by atoms with Gasteiger partial charge in [0.15, 0.2) is 0 Å². The second-order valence-electron chi connectivity index (χ2n) is 4.10. The molecule has 0 spiro atoms. The SMILES string of the molecule is CC(C)(CO)Cc1cc(Cl)ncc1Br. The quantitative estimate of drug-likeness (QED) is 0.862. The molecule has 1 heterocycles. The molecule has 0 atom stereocenters. The fourth-order valence-electron chi connectivity index (χ4n) is 1.16. The molecular weight excluding hydrogens is 265 g/mol. The first-order chi connectivity index (χ1) is 6.44. The average Bonchev–Trinajstić information content (AvgIpc) is 2.11. The van der Waals surface area contributed by atoms with Gasteiger partial charge in [0.2, 0.25) is 0 Å². The number of hydrogen-bond donors (Lipinski definition) is 1. The smallest absolute Gasteiger partial charge is 0.129 e. The van der Waals surface area contributed by atoms with Crippen LogP contribution in [0, 0.1) is 5.41 Å². The van der Waals surface area contributed by atoms with E-state index in [2.05, 4.69) is 20.9 Å². The molecule has 0 fully saturated rings. The molecule has 0 amide bonds. The maximum atomic E-state index is 9.15. The van der Waals surface area contributed by atoms with Gasteiger partial charge in [-0.2, -0.15) is 0 Å². The minimum absolute atomic E-state index is 0.132. The maximum absolute atomic E-state index is 9.15. The predicted molar refractivity (Wildman–Crippen MR) is 61.5 cm³/mol. The molecule has 0 radical (unpaired) electrons. The van der Waals surface area contributed by atoms with Crippen LogP contribution in [0.5, 0.6) is 0 Å². The van der Waals surface area contributed by atoms with E-state index in [1.165, 1.54) is 0 Å². The number of halogens is 2. The second-order valence-corrected chi connectivity index (χ2v) is 5.34. The Kier molecular flexibility index (Phi) is 3.93. The Morgan fingerprint density at radius 2 is 2.21 bits per heavy atom. The van der Waals surface area contributed by atoms with Crippen molar-refractivity contribution in [3.8, 4) is 0 Å². The van der Waals surface area contributed by atoms with E-state index in [9.17, 15) is 0 Å². The van der Waals surface area contributed by atoms with Crippen LogP contribution < -0.4 is 0 Å². The van der Waals surface area contributed by atoms with E-state index < -0.39 is 0 Å². The van der Waals surface area contributed by atoms with Crippen LogP contribution in [0.15, 0.2) is 16.7 Å². The van der Waals surface area contributed by atoms with Gasteiger partial charge in [-0.05, 0) is 39.4 Å². The van der Waals surface area contributed by atoms with Crippen molar-refractivity contribution in [3.05, 3.63) is 27.5 Å². The van der Waals surface area contributed by atoms with Crippen molar-refractivity contribution in [2.75, 3.05) is 6.61 Å². The van der Waals surface area contributed by atoms with Crippen LogP contribution in [0.1, 0.15) is 19.4 Å². The molecule has 0 aliphatic rings. The summed E-state index contributed by atoms with van der Waals surface area (Å²) in [6, 6.07) is 1.82. The molecule has 0 saturated carbocycles. The summed E-state index contributed by atoms with van der Waals surface area (Å²) in [5.41, 5.74) is 0.941. The summed E-state index contributed by atoms with van der Waals surface area (Å²) in [5, 5.41) is 9.63. The Morgan fingerprint density at radius 3 is 2.79 bits per heavy atom. The van der Waals surface area contributed by atoms with Crippen molar-refractivity contribution >= 4 is 27.5 Å². The molecule has 1 aromatic rings. The van der Waals surface area contributed by atoms with Crippen molar-refractivity contribution in [2.45, 2.75) is 20.3 Å². The lowest BCUT2D eigenvalue weighted by molar-refractivity contribution is 0.159. The maximum Gasteiger partial charge on any atom is 0.129 e. The van der Waals surface area contributed by atoms with Crippen LogP contribution in [0.2, 0.25) is 5.15 Å². The van der Waals surface area contributed by atoms with Gasteiger partial charge >= 0.3 is 0 Å². The number of pyridine rings is 1. The number of aromatic nitrogens is 1. The van der Waals surface area contributed by atoms with Gasteiger partial charge in [0, 0.05) is 17.3 Å². The Balaban J connectivity index is 2.91. The van der Waals surface area contributed by atoms with Crippen LogP contribution in [-0.4, -0.2) is 16.7 Å². The largest absolute Gasteiger partial charge is 0.396 e. The molecule has 4 heteroatoms. The zero-order chi connectivity index (χ0) is 10.8. The molecule has 2 nitrogen and oxygen atoms in total. The molecule has 0 saturated heterocycles. The van der Waals surface area contributed by atoms with Gasteiger partial charge < -0.3 is 5.11 Å². The predicted octanol–water partition coefficient (Wildman–Crippen LogP) is 3.06. The zero-order valence-corrected chi connectivity index (χ0v) is 10.6. The molecule has 0 bridgehead atoms. The number of aliphatic hydroxyl groups is 1. The minimum Gasteiger partial charge on any atom is -0.396 e. The van der Waals surface area contributed by atoms with Gasteiger partial charge in [0.1, 0.15) is 5.15 Å². The molecule has 14 heavy (non-hydrogen) atoms. The number of nitrogens with zero attached hydrogens (tertiary/aromatic N) is 1. The molecule has 0 aliphatic heterocycles. The van der Waals surface area contributed by atoms with Crippen molar-refractivity contribution in [3.63, 3.8) is 0 Å². The van der Waals surface area contributed by atoms with E-state index in [1.54, 1.807) is 6.20 Å². The van der Waals surface area contributed by atoms with E-state index in [4.69, 9.17) is 16.7 Å². The van der Waals surface area contributed by atoms with Crippen LogP contribution in [0.4, 0.5) is 0 Å². The van der Waals surface area contributed by atoms with E-state index in [0.717, 1.165) is 16.5 Å². The highest BCUT2D eigenvalue weighted by molar-refractivity contribution is 9.10. The fraction of sp³-hybridized carbons (Fsp3) is 0.500. The summed E-state index contributed by atoms with van der Waals surface area (Å²) in [6.45, 7) is 4.17. The number of rotatable bonds is 3. The van der Waals surface area contributed by atoms with E-state index in [1.807, 2.05) is 19.9 Å². The summed E-state index contributed by atoms with van der Waals surface area (Å²) in [7, 11) is 0. The first-order valence-electron chi connectivity index (χ1n) is 4.35. The normalized spacial score (nSPS) is 11.8. The molecule has 0 aliphatic carbocycles. The average molecular weight is 279 g/mol. The van der Waals surface area contributed by atoms with Gasteiger partial charge in [0.25, 0.3) is 0 Å². The van der Waals surface area contributed by atoms with Gasteiger partial charge in [-0.1, -0.05) is 25.4 Å². The first kappa shape index (κ1) is 12.0. The standard InChI is InChI=1S/C10H13BrClNO/c1-10(2,6-14)4-7-3-9(12)13-5-8(7)11/h3,5,14H,4,6H2,1-2H3. The molecule has 0 unspecified atom stereocenters. The summed E-state index contributed by atoms with van der Waals surface area (Å²) >= 11 is 9.20. The Morgan fingerprint density at radius 1 is 1.57 bits per heavy atom. The van der Waals surface area contributed by atoms with Crippen LogP contribution in [-0.2, 0) is 6.42 Å². The summed E-state index contributed by atoms with van der Waals surface area (Å²) in [6.07, 6.45) is 2.46. The Labute approximate surface area is 97.4 Å². The van der Waals surface area contributed by atoms with Crippen LogP contribution in [0.3, 0.4) is 0 Å². The van der Waals surface area contributed by atoms with Gasteiger partial charge in [0.05, 0.1) is 0 Å². The number of aliphatic hydroxyl groups excluding tert-OH is 1. The third kappa shape index (κ3) is 3.23. The van der Waals surface area contributed by atoms with E-state index >= 15 is 0 Å². The van der Waals surface area contributed by atoms with Crippen LogP contribution >= 0.6 is 27.5 Å². The highest BCUT2D eigenvalue weighted by Gasteiger charge is 2.18. The zero-order valence-electron chi connectivity index (χ0n) is 8.22. The third-order valence-electron chi connectivity index (χ3n) is 2.00. The lowest BCUT2D eigenvalue weighted by Crippen LogP contribution is -2.20. The van der Waals surface area contributed by atoms with E-state index in [0.29, 0.717) is 5.15 Å². The molecule has 0 aromatic carbocycles. The summed E-state index contributed by atoms with van der Waals surface area (Å²) in [5.74, 6) is 0. The molecule has 1 N–H and O–H groups in total. The van der Waals surface area contributed by atoms with E-state index in [-0.39, 0.29) is 12.0 Å². The summed E-state index contributed by atoms with van der Waals surface area (Å²) in [4.78, 5) is 3.95. The lowest BCUT2D eigenvalue weighted by atomic mass is 9.87. The van der Waals surface area contributed by atoms with Gasteiger partial charge in [-0.25, -0.2) is 4.98 Å². The minimum atomic E-state index is -0.132. The highest BCUT2D eigenvalue weighted by atomic mass is 79.9. The molecule has 1 aromatic heterocycles. The fourth-order valence-corrected chi connectivity index (χ4v) is 1.70. The Bertz CT molecular complexity index is 328. The van der Waals surface area contributed by atoms with Crippen molar-refractivity contribution in [2.24, 2.45) is 5.41 Å². The van der Waals surface area contributed by atoms with Gasteiger partial charge in [-0.3, -0.25) is 0 Å². The molecular formula is C10H13BrClNO. The molecule has 1 rings (SSSR count). The van der Waals surface area contributed by atoms with Gasteiger partial charge in [-0.15, -0.1) is 0 Å². The monoisotopic (exact) mass is 277 g/mol. The third-order valence-corrected chi connectivity index (χ3v) is 2.92. The highest BCUT2D eigenvalue weighted by Crippen LogP contribution is 2.27. The Hall–Kier alpha value is -0.120. The van der Waals surface area contributed by atoms with Crippen molar-refractivity contribution in [1.29, 1.82) is 0 Å². The topological polar surface area (TPSA) is 33.1 Å². The second kappa shape index (κ2) is 4.60. The van der Waals surface area contributed by atoms with Crippen molar-refractivity contribution < 1.29 is 5.11 Å².